The van der Waals surface area contributed by atoms with Gasteiger partial charge in [-0.3, -0.25) is 9.69 Å². The van der Waals surface area contributed by atoms with Crippen LogP contribution < -0.4 is 0 Å². The van der Waals surface area contributed by atoms with Crippen LogP contribution in [-0.4, -0.2) is 40.7 Å². The average Bonchev–Trinajstić information content (AvgIpc) is 2.72. The number of benzene rings is 1. The molecule has 0 saturated carbocycles. The number of piperidine rings is 1. The van der Waals surface area contributed by atoms with Crippen LogP contribution in [0.3, 0.4) is 0 Å². The van der Waals surface area contributed by atoms with Crippen molar-refractivity contribution in [1.29, 1.82) is 0 Å². The van der Waals surface area contributed by atoms with E-state index in [2.05, 4.69) is 93.3 Å². The molecule has 1 fully saturated rings. The summed E-state index contributed by atoms with van der Waals surface area (Å²) in [5.41, 5.74) is 3.36. The van der Waals surface area contributed by atoms with Crippen LogP contribution in [0.25, 0.3) is 0 Å². The zero-order valence-electron chi connectivity index (χ0n) is 25.5. The lowest BCUT2D eigenvalue weighted by Gasteiger charge is -2.55. The number of likely N-dealkylation sites (tertiary alicyclic amines) is 1. The minimum absolute atomic E-state index is 0.109. The second-order valence-corrected chi connectivity index (χ2v) is 14.5. The molecule has 1 heterocycles. The summed E-state index contributed by atoms with van der Waals surface area (Å²) in [5.74, 6) is 1.26. The van der Waals surface area contributed by atoms with Gasteiger partial charge in [-0.05, 0) is 106 Å². The summed E-state index contributed by atoms with van der Waals surface area (Å²) in [6.45, 7) is 25.0. The first-order valence-electron chi connectivity index (χ1n) is 14.1. The smallest absolute Gasteiger partial charge is 0.305 e. The summed E-state index contributed by atoms with van der Waals surface area (Å²) in [5, 5.41) is 11.3. The summed E-state index contributed by atoms with van der Waals surface area (Å²) < 4.78 is 5.37. The molecular formula is C32H55NO3. The topological polar surface area (TPSA) is 49.8 Å². The first-order valence-corrected chi connectivity index (χ1v) is 14.1. The molecule has 36 heavy (non-hydrogen) atoms. The molecule has 2 rings (SSSR count). The number of rotatable bonds is 8. The zero-order valence-corrected chi connectivity index (χ0v) is 25.5. The van der Waals surface area contributed by atoms with E-state index in [9.17, 15) is 9.90 Å². The Bertz CT molecular complexity index is 848. The van der Waals surface area contributed by atoms with Crippen LogP contribution in [0.1, 0.15) is 137 Å². The number of hydrogen-bond acceptors (Lipinski definition) is 4. The van der Waals surface area contributed by atoms with Crippen molar-refractivity contribution in [3.05, 3.63) is 28.8 Å². The molecule has 0 radical (unpaired) electrons. The Kier molecular flexibility index (Phi) is 9.42. The normalized spacial score (nSPS) is 19.8. The lowest BCUT2D eigenvalue weighted by molar-refractivity contribution is -0.143. The summed E-state index contributed by atoms with van der Waals surface area (Å²) in [6, 6.07) is 4.59. The van der Waals surface area contributed by atoms with Crippen molar-refractivity contribution < 1.29 is 14.6 Å². The van der Waals surface area contributed by atoms with E-state index in [0.717, 1.165) is 43.2 Å². The lowest BCUT2D eigenvalue weighted by Crippen LogP contribution is -2.59. The molecule has 1 aromatic rings. The van der Waals surface area contributed by atoms with E-state index in [4.69, 9.17) is 4.74 Å². The molecule has 0 aromatic heterocycles. The lowest BCUT2D eigenvalue weighted by atomic mass is 9.66. The molecule has 0 bridgehead atoms. The van der Waals surface area contributed by atoms with Crippen LogP contribution in [0.15, 0.2) is 12.1 Å². The molecule has 1 unspecified atom stereocenters. The summed E-state index contributed by atoms with van der Waals surface area (Å²) in [7, 11) is 2.27. The number of carbonyl (C=O) groups is 1. The van der Waals surface area contributed by atoms with E-state index in [1.807, 2.05) is 6.92 Å². The van der Waals surface area contributed by atoms with Crippen molar-refractivity contribution in [2.45, 2.75) is 143 Å². The Balaban J connectivity index is 2.53. The predicted molar refractivity (Wildman–Crippen MR) is 152 cm³/mol. The number of hydrogen-bond donors (Lipinski definition) is 1. The number of ether oxygens (including phenoxy) is 1. The highest BCUT2D eigenvalue weighted by Gasteiger charge is 2.45. The summed E-state index contributed by atoms with van der Waals surface area (Å²) in [6.07, 6.45) is 5.67. The molecule has 1 atom stereocenters. The second kappa shape index (κ2) is 11.1. The predicted octanol–water partition coefficient (Wildman–Crippen LogP) is 8.09. The van der Waals surface area contributed by atoms with E-state index in [0.29, 0.717) is 30.6 Å². The van der Waals surface area contributed by atoms with Gasteiger partial charge in [0.2, 0.25) is 0 Å². The monoisotopic (exact) mass is 501 g/mol. The van der Waals surface area contributed by atoms with Gasteiger partial charge < -0.3 is 9.84 Å². The number of esters is 1. The second-order valence-electron chi connectivity index (χ2n) is 14.5. The number of unbranched alkanes of at least 4 members (excludes halogenated alkanes) is 1. The van der Waals surface area contributed by atoms with Crippen LogP contribution in [0.5, 0.6) is 5.75 Å². The average molecular weight is 502 g/mol. The molecular weight excluding hydrogens is 446 g/mol. The first-order chi connectivity index (χ1) is 16.3. The Hall–Kier alpha value is -1.55. The van der Waals surface area contributed by atoms with E-state index >= 15 is 0 Å². The molecule has 1 aliphatic rings. The van der Waals surface area contributed by atoms with E-state index < -0.39 is 0 Å². The summed E-state index contributed by atoms with van der Waals surface area (Å²) in [4.78, 5) is 14.1. The van der Waals surface area contributed by atoms with Gasteiger partial charge in [0.1, 0.15) is 5.75 Å². The van der Waals surface area contributed by atoms with Crippen LogP contribution in [0.2, 0.25) is 0 Å². The van der Waals surface area contributed by atoms with E-state index in [-0.39, 0.29) is 27.9 Å². The zero-order chi connectivity index (χ0) is 27.7. The maximum Gasteiger partial charge on any atom is 0.305 e. The fourth-order valence-corrected chi connectivity index (χ4v) is 6.18. The van der Waals surface area contributed by atoms with Gasteiger partial charge >= 0.3 is 5.97 Å². The highest BCUT2D eigenvalue weighted by molar-refractivity contribution is 5.68. The van der Waals surface area contributed by atoms with Crippen LogP contribution in [0.4, 0.5) is 0 Å². The molecule has 1 N–H and O–H groups in total. The van der Waals surface area contributed by atoms with E-state index in [1.54, 1.807) is 0 Å². The van der Waals surface area contributed by atoms with Crippen molar-refractivity contribution in [2.75, 3.05) is 13.7 Å². The molecule has 4 heteroatoms. The number of phenols is 1. The Morgan fingerprint density at radius 2 is 1.47 bits per heavy atom. The van der Waals surface area contributed by atoms with Gasteiger partial charge in [0.05, 0.1) is 6.61 Å². The molecule has 206 valence electrons. The van der Waals surface area contributed by atoms with Crippen LogP contribution in [-0.2, 0) is 20.4 Å². The highest BCUT2D eigenvalue weighted by Crippen LogP contribution is 2.49. The molecule has 0 spiro atoms. The molecule has 0 amide bonds. The number of carbonyl (C=O) groups excluding carboxylic acids is 1. The van der Waals surface area contributed by atoms with Crippen molar-refractivity contribution >= 4 is 5.97 Å². The Morgan fingerprint density at radius 1 is 1.00 bits per heavy atom. The molecule has 0 aliphatic carbocycles. The van der Waals surface area contributed by atoms with Gasteiger partial charge in [-0.25, -0.2) is 0 Å². The molecule has 1 aromatic carbocycles. The van der Waals surface area contributed by atoms with Gasteiger partial charge in [0.25, 0.3) is 0 Å². The van der Waals surface area contributed by atoms with Crippen LogP contribution >= 0.6 is 0 Å². The van der Waals surface area contributed by atoms with Crippen molar-refractivity contribution in [1.82, 2.24) is 4.90 Å². The molecule has 4 nitrogen and oxygen atoms in total. The van der Waals surface area contributed by atoms with Gasteiger partial charge in [0, 0.05) is 17.5 Å². The molecule has 1 aliphatic heterocycles. The fourth-order valence-electron chi connectivity index (χ4n) is 6.18. The maximum absolute atomic E-state index is 11.6. The standard InChI is InChI=1S/C32H55NO3/c1-13-27(34)36-17-15-14-16-24(23-20-31(8,9)33(12)32(10,11)21-23)22-18-25(29(2,3)4)28(35)26(19-22)30(5,6)7/h18-19,23-24,35H,13-17,20-21H2,1-12H3. The molecule has 1 saturated heterocycles. The maximum atomic E-state index is 11.6. The number of aromatic hydroxyl groups is 1. The van der Waals surface area contributed by atoms with Gasteiger partial charge in [0.15, 0.2) is 0 Å². The highest BCUT2D eigenvalue weighted by atomic mass is 16.5. The Morgan fingerprint density at radius 3 is 1.89 bits per heavy atom. The minimum atomic E-state index is -0.148. The fraction of sp³-hybridized carbons (Fsp3) is 0.781. The first kappa shape index (κ1) is 30.7. The Labute approximate surface area is 222 Å². The minimum Gasteiger partial charge on any atom is -0.507 e. The largest absolute Gasteiger partial charge is 0.507 e. The quantitative estimate of drug-likeness (QED) is 0.289. The number of nitrogens with zero attached hydrogens (tertiary/aromatic N) is 1. The third-order valence-corrected chi connectivity index (χ3v) is 8.55. The van der Waals surface area contributed by atoms with Gasteiger partial charge in [-0.1, -0.05) is 60.6 Å². The third kappa shape index (κ3) is 7.27. The van der Waals surface area contributed by atoms with Crippen molar-refractivity contribution in [3.8, 4) is 5.75 Å². The van der Waals surface area contributed by atoms with Gasteiger partial charge in [-0.15, -0.1) is 0 Å². The number of phenolic OH excluding ortho intramolecular Hbond substituents is 1. The summed E-state index contributed by atoms with van der Waals surface area (Å²) >= 11 is 0. The van der Waals surface area contributed by atoms with Gasteiger partial charge in [-0.2, -0.15) is 0 Å². The van der Waals surface area contributed by atoms with Crippen molar-refractivity contribution in [3.63, 3.8) is 0 Å². The SMILES string of the molecule is CCC(=O)OCCCCC(c1cc(C(C)(C)C)c(O)c(C(C)(C)C)c1)C1CC(C)(C)N(C)C(C)(C)C1. The van der Waals surface area contributed by atoms with Crippen molar-refractivity contribution in [2.24, 2.45) is 5.92 Å². The van der Waals surface area contributed by atoms with Crippen LogP contribution in [0, 0.1) is 5.92 Å². The van der Waals surface area contributed by atoms with E-state index in [1.165, 1.54) is 5.56 Å². The third-order valence-electron chi connectivity index (χ3n) is 8.55.